The third kappa shape index (κ3) is 4.34. The highest BCUT2D eigenvalue weighted by atomic mass is 16.5. The van der Waals surface area contributed by atoms with Crippen LogP contribution in [0.1, 0.15) is 17.3 Å². The first-order valence-corrected chi connectivity index (χ1v) is 10.9. The summed E-state index contributed by atoms with van der Waals surface area (Å²) in [6.07, 6.45) is 3.90. The Hall–Kier alpha value is -4.38. The fourth-order valence-electron chi connectivity index (χ4n) is 3.80. The van der Waals surface area contributed by atoms with Crippen LogP contribution in [0.25, 0.3) is 28.0 Å². The van der Waals surface area contributed by atoms with Crippen LogP contribution in [0.4, 0.5) is 5.69 Å². The fraction of sp³-hybridized carbons (Fsp3) is 0.0714. The molecule has 5 aromatic rings. The molecular weight excluding hydrogens is 410 g/mol. The number of carbonyl (C=O) groups is 1. The number of carbonyl (C=O) groups excluding carboxylic acids is 1. The van der Waals surface area contributed by atoms with E-state index >= 15 is 0 Å². The lowest BCUT2D eigenvalue weighted by Gasteiger charge is -2.08. The zero-order valence-electron chi connectivity index (χ0n) is 18.2. The Morgan fingerprint density at radius 3 is 2.42 bits per heavy atom. The van der Waals surface area contributed by atoms with Crippen molar-refractivity contribution in [3.05, 3.63) is 109 Å². The van der Waals surface area contributed by atoms with Crippen molar-refractivity contribution in [2.24, 2.45) is 0 Å². The van der Waals surface area contributed by atoms with Gasteiger partial charge in [0, 0.05) is 23.5 Å². The molecule has 0 radical (unpaired) electrons. The van der Waals surface area contributed by atoms with E-state index in [0.717, 1.165) is 16.8 Å². The minimum absolute atomic E-state index is 0.207. The lowest BCUT2D eigenvalue weighted by atomic mass is 10.0. The van der Waals surface area contributed by atoms with Gasteiger partial charge in [-0.25, -0.2) is 4.98 Å². The molecule has 0 spiro atoms. The van der Waals surface area contributed by atoms with Crippen molar-refractivity contribution >= 4 is 17.2 Å². The Morgan fingerprint density at radius 1 is 0.879 bits per heavy atom. The SMILES string of the molecule is CCOc1cccc(C(=O)Nc2cccn3cc(-c4ccc(-c5ccccc5)cc4)nc23)c1. The summed E-state index contributed by atoms with van der Waals surface area (Å²) in [7, 11) is 0. The number of fused-ring (bicyclic) bond motifs is 1. The molecule has 0 aliphatic rings. The summed E-state index contributed by atoms with van der Waals surface area (Å²) >= 11 is 0. The lowest BCUT2D eigenvalue weighted by Crippen LogP contribution is -2.12. The third-order valence-electron chi connectivity index (χ3n) is 5.43. The molecular formula is C28H23N3O2. The first-order valence-electron chi connectivity index (χ1n) is 10.9. The molecule has 0 saturated carbocycles. The number of aromatic nitrogens is 2. The fourth-order valence-corrected chi connectivity index (χ4v) is 3.80. The topological polar surface area (TPSA) is 55.6 Å². The standard InChI is InChI=1S/C28H23N3O2/c1-2-33-24-11-6-10-23(18-24)28(32)30-25-12-7-17-31-19-26(29-27(25)31)22-15-13-21(14-16-22)20-8-4-3-5-9-20/h3-19H,2H2,1H3,(H,30,32). The predicted octanol–water partition coefficient (Wildman–Crippen LogP) is 6.32. The summed E-state index contributed by atoms with van der Waals surface area (Å²) < 4.78 is 7.43. The number of nitrogens with one attached hydrogen (secondary N) is 1. The zero-order valence-corrected chi connectivity index (χ0v) is 18.2. The largest absolute Gasteiger partial charge is 0.494 e. The van der Waals surface area contributed by atoms with Crippen molar-refractivity contribution in [1.82, 2.24) is 9.38 Å². The van der Waals surface area contributed by atoms with Gasteiger partial charge >= 0.3 is 0 Å². The van der Waals surface area contributed by atoms with E-state index in [1.54, 1.807) is 12.1 Å². The molecule has 0 aliphatic heterocycles. The molecule has 33 heavy (non-hydrogen) atoms. The van der Waals surface area contributed by atoms with Crippen molar-refractivity contribution in [2.45, 2.75) is 6.92 Å². The Bertz CT molecular complexity index is 1410. The number of hydrogen-bond acceptors (Lipinski definition) is 3. The number of nitrogens with zero attached hydrogens (tertiary/aromatic N) is 2. The van der Waals surface area contributed by atoms with Crippen LogP contribution < -0.4 is 10.1 Å². The van der Waals surface area contributed by atoms with Gasteiger partial charge in [-0.3, -0.25) is 4.79 Å². The van der Waals surface area contributed by atoms with Crippen LogP contribution in [-0.4, -0.2) is 21.9 Å². The van der Waals surface area contributed by atoms with Gasteiger partial charge in [0.25, 0.3) is 5.91 Å². The molecule has 5 rings (SSSR count). The monoisotopic (exact) mass is 433 g/mol. The van der Waals surface area contributed by atoms with Gasteiger partial charge in [0.1, 0.15) is 5.75 Å². The van der Waals surface area contributed by atoms with Gasteiger partial charge in [-0.2, -0.15) is 0 Å². The van der Waals surface area contributed by atoms with Crippen molar-refractivity contribution in [1.29, 1.82) is 0 Å². The van der Waals surface area contributed by atoms with Crippen LogP contribution in [0.5, 0.6) is 5.75 Å². The lowest BCUT2D eigenvalue weighted by molar-refractivity contribution is 0.102. The van der Waals surface area contributed by atoms with E-state index in [1.807, 2.05) is 66.2 Å². The smallest absolute Gasteiger partial charge is 0.255 e. The second kappa shape index (κ2) is 9.01. The Kier molecular flexibility index (Phi) is 5.60. The van der Waals surface area contributed by atoms with Crippen molar-refractivity contribution in [3.8, 4) is 28.1 Å². The molecule has 0 fully saturated rings. The number of imidazole rings is 1. The average molecular weight is 434 g/mol. The van der Waals surface area contributed by atoms with Gasteiger partial charge in [-0.15, -0.1) is 0 Å². The molecule has 2 aromatic heterocycles. The van der Waals surface area contributed by atoms with E-state index in [2.05, 4.69) is 41.7 Å². The van der Waals surface area contributed by atoms with Gasteiger partial charge in [0.15, 0.2) is 5.65 Å². The second-order valence-electron chi connectivity index (χ2n) is 7.64. The highest BCUT2D eigenvalue weighted by molar-refractivity contribution is 6.06. The number of pyridine rings is 1. The second-order valence-corrected chi connectivity index (χ2v) is 7.64. The van der Waals surface area contributed by atoms with Crippen LogP contribution in [0.15, 0.2) is 103 Å². The number of amides is 1. The zero-order chi connectivity index (χ0) is 22.6. The maximum absolute atomic E-state index is 12.9. The maximum atomic E-state index is 12.9. The van der Waals surface area contributed by atoms with Crippen molar-refractivity contribution < 1.29 is 9.53 Å². The molecule has 0 saturated heterocycles. The highest BCUT2D eigenvalue weighted by Crippen LogP contribution is 2.27. The van der Waals surface area contributed by atoms with E-state index in [9.17, 15) is 4.79 Å². The molecule has 0 unspecified atom stereocenters. The molecule has 5 nitrogen and oxygen atoms in total. The van der Waals surface area contributed by atoms with E-state index in [-0.39, 0.29) is 5.91 Å². The van der Waals surface area contributed by atoms with Gasteiger partial charge in [-0.05, 0) is 48.4 Å². The van der Waals surface area contributed by atoms with Crippen LogP contribution in [0.2, 0.25) is 0 Å². The Balaban J connectivity index is 1.42. The summed E-state index contributed by atoms with van der Waals surface area (Å²) in [6.45, 7) is 2.46. The predicted molar refractivity (Wildman–Crippen MR) is 132 cm³/mol. The molecule has 0 aliphatic carbocycles. The molecule has 2 heterocycles. The van der Waals surface area contributed by atoms with Crippen LogP contribution in [0.3, 0.4) is 0 Å². The molecule has 0 atom stereocenters. The average Bonchev–Trinajstić information content (AvgIpc) is 3.31. The quantitative estimate of drug-likeness (QED) is 0.341. The first-order chi connectivity index (χ1) is 16.2. The van der Waals surface area contributed by atoms with Gasteiger partial charge < -0.3 is 14.5 Å². The summed E-state index contributed by atoms with van der Waals surface area (Å²) in [4.78, 5) is 17.7. The number of anilines is 1. The molecule has 162 valence electrons. The van der Waals surface area contributed by atoms with Crippen molar-refractivity contribution in [3.63, 3.8) is 0 Å². The summed E-state index contributed by atoms with van der Waals surface area (Å²) in [6, 6.07) is 29.5. The number of ether oxygens (including phenoxy) is 1. The van der Waals surface area contributed by atoms with E-state index in [1.165, 1.54) is 5.56 Å². The molecule has 5 heteroatoms. The van der Waals surface area contributed by atoms with Crippen LogP contribution in [0, 0.1) is 0 Å². The molecule has 3 aromatic carbocycles. The molecule has 1 N–H and O–H groups in total. The van der Waals surface area contributed by atoms with Crippen molar-refractivity contribution in [2.75, 3.05) is 11.9 Å². The maximum Gasteiger partial charge on any atom is 0.255 e. The van der Waals surface area contributed by atoms with E-state index in [4.69, 9.17) is 9.72 Å². The minimum atomic E-state index is -0.207. The number of hydrogen-bond donors (Lipinski definition) is 1. The number of benzene rings is 3. The highest BCUT2D eigenvalue weighted by Gasteiger charge is 2.13. The summed E-state index contributed by atoms with van der Waals surface area (Å²) in [5.74, 6) is 0.465. The summed E-state index contributed by atoms with van der Waals surface area (Å²) in [5.41, 5.74) is 6.06. The van der Waals surface area contributed by atoms with E-state index in [0.29, 0.717) is 29.3 Å². The Morgan fingerprint density at radius 2 is 1.64 bits per heavy atom. The van der Waals surface area contributed by atoms with E-state index < -0.39 is 0 Å². The van der Waals surface area contributed by atoms with Crippen LogP contribution in [-0.2, 0) is 0 Å². The Labute approximate surface area is 192 Å². The van der Waals surface area contributed by atoms with Gasteiger partial charge in [0.05, 0.1) is 18.0 Å². The number of rotatable bonds is 6. The summed E-state index contributed by atoms with van der Waals surface area (Å²) in [5, 5.41) is 2.99. The third-order valence-corrected chi connectivity index (χ3v) is 5.43. The minimum Gasteiger partial charge on any atom is -0.494 e. The normalized spacial score (nSPS) is 10.8. The van der Waals surface area contributed by atoms with Crippen LogP contribution >= 0.6 is 0 Å². The van der Waals surface area contributed by atoms with Gasteiger partial charge in [0.2, 0.25) is 0 Å². The first kappa shape index (κ1) is 20.5. The van der Waals surface area contributed by atoms with Gasteiger partial charge in [-0.1, -0.05) is 60.7 Å². The molecule has 1 amide bonds. The molecule has 0 bridgehead atoms.